The molecule has 2 N–H and O–H groups in total. The van der Waals surface area contributed by atoms with Crippen molar-refractivity contribution in [1.29, 1.82) is 0 Å². The van der Waals surface area contributed by atoms with Gasteiger partial charge in [0.25, 0.3) is 21.8 Å². The fourth-order valence-electron chi connectivity index (χ4n) is 4.91. The quantitative estimate of drug-likeness (QED) is 0.101. The van der Waals surface area contributed by atoms with Gasteiger partial charge in [0.15, 0.2) is 6.61 Å². The van der Waals surface area contributed by atoms with Crippen molar-refractivity contribution in [2.45, 2.75) is 31.3 Å². The van der Waals surface area contributed by atoms with Gasteiger partial charge in [-0.2, -0.15) is 5.10 Å². The number of hydrogen-bond acceptors (Lipinski definition) is 6. The Bertz CT molecular complexity index is 2020. The highest BCUT2D eigenvalue weighted by atomic mass is 35.5. The number of halogens is 1. The van der Waals surface area contributed by atoms with Crippen molar-refractivity contribution in [3.05, 3.63) is 160 Å². The number of nitrogens with zero attached hydrogens (tertiary/aromatic N) is 2. The van der Waals surface area contributed by atoms with Gasteiger partial charge in [-0.05, 0) is 91.2 Å². The van der Waals surface area contributed by atoms with Crippen LogP contribution in [0.4, 0.5) is 5.69 Å². The maximum Gasteiger partial charge on any atom is 0.273 e. The number of aryl methyl sites for hydroxylation is 1. The molecule has 0 bridgehead atoms. The first-order valence-corrected chi connectivity index (χ1v) is 17.3. The van der Waals surface area contributed by atoms with Crippen LogP contribution in [0.5, 0.6) is 5.75 Å². The molecule has 0 aromatic heterocycles. The first-order valence-electron chi connectivity index (χ1n) is 15.4. The van der Waals surface area contributed by atoms with Crippen LogP contribution in [0.1, 0.15) is 45.6 Å². The Morgan fingerprint density at radius 3 is 2.20 bits per heavy atom. The van der Waals surface area contributed by atoms with Crippen molar-refractivity contribution in [3.8, 4) is 5.75 Å². The molecule has 0 fully saturated rings. The van der Waals surface area contributed by atoms with Crippen molar-refractivity contribution in [2.24, 2.45) is 5.10 Å². The van der Waals surface area contributed by atoms with E-state index in [1.54, 1.807) is 97.1 Å². The predicted octanol–water partition coefficient (Wildman–Crippen LogP) is 7.06. The van der Waals surface area contributed by atoms with Gasteiger partial charge in [0.05, 0.1) is 34.9 Å². The second-order valence-corrected chi connectivity index (χ2v) is 13.5. The van der Waals surface area contributed by atoms with Crippen LogP contribution in [0.2, 0.25) is 5.02 Å². The number of amides is 2. The van der Waals surface area contributed by atoms with Crippen LogP contribution < -0.4 is 19.8 Å². The lowest BCUT2D eigenvalue weighted by molar-refractivity contribution is -0.123. The number of hydrazone groups is 1. The van der Waals surface area contributed by atoms with Crippen molar-refractivity contribution in [1.82, 2.24) is 10.7 Å². The van der Waals surface area contributed by atoms with E-state index in [1.165, 1.54) is 10.5 Å². The third-order valence-electron chi connectivity index (χ3n) is 7.57. The van der Waals surface area contributed by atoms with E-state index >= 15 is 0 Å². The zero-order chi connectivity index (χ0) is 34.8. The highest BCUT2D eigenvalue weighted by molar-refractivity contribution is 7.92. The second kappa shape index (κ2) is 16.1. The van der Waals surface area contributed by atoms with Gasteiger partial charge in [-0.25, -0.2) is 13.8 Å². The number of carbonyl (C=O) groups excluding carboxylic acids is 2. The Balaban J connectivity index is 1.26. The SMILES string of the molecule is Cc1ccc(S(=O)(=O)N(Cc2ccc(Cl)cc2)c2ccccc2C(=O)N/N=C\c2ccc(OCC(=O)N[C@H](C)c3ccccc3)cc2)cc1. The lowest BCUT2D eigenvalue weighted by atomic mass is 10.1. The summed E-state index contributed by atoms with van der Waals surface area (Å²) in [7, 11) is -4.09. The number of carbonyl (C=O) groups is 2. The number of para-hydroxylation sites is 1. The van der Waals surface area contributed by atoms with Crippen LogP contribution in [-0.2, 0) is 21.4 Å². The van der Waals surface area contributed by atoms with Crippen LogP contribution in [0.15, 0.2) is 137 Å². The summed E-state index contributed by atoms with van der Waals surface area (Å²) in [4.78, 5) is 25.9. The summed E-state index contributed by atoms with van der Waals surface area (Å²) in [6.07, 6.45) is 1.45. The van der Waals surface area contributed by atoms with Crippen molar-refractivity contribution >= 4 is 45.3 Å². The van der Waals surface area contributed by atoms with Gasteiger partial charge in [-0.15, -0.1) is 0 Å². The summed E-state index contributed by atoms with van der Waals surface area (Å²) in [5, 5.41) is 7.52. The molecule has 2 amide bonds. The number of rotatable bonds is 13. The minimum absolute atomic E-state index is 0.0386. The fourth-order valence-corrected chi connectivity index (χ4v) is 6.51. The zero-order valence-corrected chi connectivity index (χ0v) is 28.5. The van der Waals surface area contributed by atoms with Gasteiger partial charge in [0, 0.05) is 5.02 Å². The number of hydrogen-bond donors (Lipinski definition) is 2. The minimum Gasteiger partial charge on any atom is -0.484 e. The molecule has 1 atom stereocenters. The van der Waals surface area contributed by atoms with Crippen LogP contribution >= 0.6 is 11.6 Å². The summed E-state index contributed by atoms with van der Waals surface area (Å²) in [5.74, 6) is -0.348. The monoisotopic (exact) mass is 694 g/mol. The van der Waals surface area contributed by atoms with E-state index in [1.807, 2.05) is 44.2 Å². The first-order chi connectivity index (χ1) is 23.6. The fraction of sp³-hybridized carbons (Fsp3) is 0.132. The Kier molecular flexibility index (Phi) is 11.5. The van der Waals surface area contributed by atoms with Gasteiger partial charge in [0.2, 0.25) is 0 Å². The first kappa shape index (κ1) is 34.9. The molecule has 0 aliphatic rings. The molecule has 9 nitrogen and oxygen atoms in total. The Hall–Kier alpha value is -5.45. The van der Waals surface area contributed by atoms with E-state index in [2.05, 4.69) is 15.8 Å². The summed E-state index contributed by atoms with van der Waals surface area (Å²) < 4.78 is 34.9. The Labute approximate surface area is 291 Å². The minimum atomic E-state index is -4.09. The maximum atomic E-state index is 14.0. The molecule has 5 rings (SSSR count). The highest BCUT2D eigenvalue weighted by Gasteiger charge is 2.28. The van der Waals surface area contributed by atoms with E-state index in [-0.39, 0.29) is 41.2 Å². The average Bonchev–Trinajstić information content (AvgIpc) is 3.11. The standard InChI is InChI=1S/C38H35ClN4O5S/c1-27-12-22-34(23-13-27)49(46,47)43(25-30-14-18-32(39)19-15-30)36-11-7-6-10-35(36)38(45)42-40-24-29-16-20-33(21-17-29)48-26-37(44)41-28(2)31-8-4-3-5-9-31/h3-24,28H,25-26H2,1-2H3,(H,41,44)(H,42,45)/b40-24-/t28-/m1/s1. The Morgan fingerprint density at radius 1 is 0.857 bits per heavy atom. The molecule has 49 heavy (non-hydrogen) atoms. The highest BCUT2D eigenvalue weighted by Crippen LogP contribution is 2.30. The number of nitrogens with one attached hydrogen (secondary N) is 2. The second-order valence-electron chi connectivity index (χ2n) is 11.2. The number of benzene rings is 5. The molecule has 0 aliphatic heterocycles. The molecule has 0 aliphatic carbocycles. The maximum absolute atomic E-state index is 14.0. The molecular formula is C38H35ClN4O5S. The lowest BCUT2D eigenvalue weighted by Crippen LogP contribution is -2.33. The predicted molar refractivity (Wildman–Crippen MR) is 192 cm³/mol. The molecule has 5 aromatic rings. The molecular weight excluding hydrogens is 660 g/mol. The summed E-state index contributed by atoms with van der Waals surface area (Å²) >= 11 is 6.07. The molecule has 0 saturated heterocycles. The van der Waals surface area contributed by atoms with E-state index in [0.717, 1.165) is 11.1 Å². The van der Waals surface area contributed by atoms with Gasteiger partial charge in [-0.3, -0.25) is 13.9 Å². The van der Waals surface area contributed by atoms with E-state index in [0.29, 0.717) is 21.9 Å². The molecule has 11 heteroatoms. The number of sulfonamides is 1. The van der Waals surface area contributed by atoms with Gasteiger partial charge in [0.1, 0.15) is 5.75 Å². The summed E-state index contributed by atoms with van der Waals surface area (Å²) in [6.45, 7) is 3.60. The number of anilines is 1. The van der Waals surface area contributed by atoms with Crippen LogP contribution in [0.3, 0.4) is 0 Å². The van der Waals surface area contributed by atoms with Crippen molar-refractivity contribution in [2.75, 3.05) is 10.9 Å². The van der Waals surface area contributed by atoms with Crippen LogP contribution in [0, 0.1) is 6.92 Å². The third kappa shape index (κ3) is 9.34. The normalized spacial score (nSPS) is 11.9. The smallest absolute Gasteiger partial charge is 0.273 e. The molecule has 250 valence electrons. The molecule has 0 spiro atoms. The van der Waals surface area contributed by atoms with Gasteiger partial charge < -0.3 is 10.1 Å². The molecule has 0 saturated carbocycles. The average molecular weight is 695 g/mol. The van der Waals surface area contributed by atoms with E-state index in [4.69, 9.17) is 16.3 Å². The zero-order valence-electron chi connectivity index (χ0n) is 26.9. The van der Waals surface area contributed by atoms with Crippen LogP contribution in [-0.4, -0.2) is 33.1 Å². The van der Waals surface area contributed by atoms with Gasteiger partial charge >= 0.3 is 0 Å². The Morgan fingerprint density at radius 2 is 1.51 bits per heavy atom. The van der Waals surface area contributed by atoms with Crippen molar-refractivity contribution < 1.29 is 22.7 Å². The molecule has 0 heterocycles. The largest absolute Gasteiger partial charge is 0.484 e. The summed E-state index contributed by atoms with van der Waals surface area (Å²) in [5.41, 5.74) is 6.07. The summed E-state index contributed by atoms with van der Waals surface area (Å²) in [6, 6.07) is 36.2. The third-order valence-corrected chi connectivity index (χ3v) is 9.60. The topological polar surface area (TPSA) is 117 Å². The molecule has 0 radical (unpaired) electrons. The van der Waals surface area contributed by atoms with Crippen molar-refractivity contribution in [3.63, 3.8) is 0 Å². The molecule has 5 aromatic carbocycles. The number of ether oxygens (including phenoxy) is 1. The van der Waals surface area contributed by atoms with Gasteiger partial charge in [-0.1, -0.05) is 83.9 Å². The lowest BCUT2D eigenvalue weighted by Gasteiger charge is -2.26. The van der Waals surface area contributed by atoms with E-state index in [9.17, 15) is 18.0 Å². The molecule has 0 unspecified atom stereocenters. The van der Waals surface area contributed by atoms with Crippen LogP contribution in [0.25, 0.3) is 0 Å². The van der Waals surface area contributed by atoms with E-state index < -0.39 is 15.9 Å².